The van der Waals surface area contributed by atoms with Gasteiger partial charge in [-0.15, -0.1) is 12.4 Å². The van der Waals surface area contributed by atoms with Gasteiger partial charge in [-0.05, 0) is 24.6 Å². The van der Waals surface area contributed by atoms with Crippen molar-refractivity contribution in [2.24, 2.45) is 16.8 Å². The summed E-state index contributed by atoms with van der Waals surface area (Å²) in [4.78, 5) is 15.5. The van der Waals surface area contributed by atoms with Crippen LogP contribution in [0, 0.1) is 11.8 Å². The molecular weight excluding hydrogens is 304 g/mol. The monoisotopic (exact) mass is 318 g/mol. The molecule has 0 saturated carbocycles. The summed E-state index contributed by atoms with van der Waals surface area (Å²) in [6, 6.07) is 3.98. The average molecular weight is 319 g/mol. The minimum atomic E-state index is -0.754. The van der Waals surface area contributed by atoms with E-state index in [1.165, 1.54) is 0 Å². The molecule has 0 aliphatic carbocycles. The summed E-state index contributed by atoms with van der Waals surface area (Å²) in [6.45, 7) is 0.450. The van der Waals surface area contributed by atoms with E-state index >= 15 is 0 Å². The lowest BCUT2D eigenvalue weighted by Crippen LogP contribution is -2.39. The molecule has 4 rings (SSSR count). The molecule has 3 aliphatic rings. The van der Waals surface area contributed by atoms with Gasteiger partial charge in [-0.3, -0.25) is 9.79 Å². The van der Waals surface area contributed by atoms with E-state index < -0.39 is 5.97 Å². The van der Waals surface area contributed by atoms with Crippen molar-refractivity contribution in [2.45, 2.75) is 6.42 Å². The van der Waals surface area contributed by atoms with E-state index in [0.717, 1.165) is 27.6 Å². The van der Waals surface area contributed by atoms with Gasteiger partial charge in [0.1, 0.15) is 5.75 Å². The van der Waals surface area contributed by atoms with E-state index in [4.69, 9.17) is 4.74 Å². The summed E-state index contributed by atoms with van der Waals surface area (Å²) in [6.07, 6.45) is 7.91. The molecule has 22 heavy (non-hydrogen) atoms. The summed E-state index contributed by atoms with van der Waals surface area (Å²) < 4.78 is 5.68. The van der Waals surface area contributed by atoms with Gasteiger partial charge >= 0.3 is 5.97 Å². The Bertz CT molecular complexity index is 813. The Labute approximate surface area is 133 Å². The van der Waals surface area contributed by atoms with Gasteiger partial charge in [0.15, 0.2) is 0 Å². The third-order valence-electron chi connectivity index (χ3n) is 4.19. The Morgan fingerprint density at radius 3 is 3.09 bits per heavy atom. The van der Waals surface area contributed by atoms with Crippen LogP contribution in [0.4, 0.5) is 0 Å². The maximum Gasteiger partial charge on any atom is 0.308 e. The number of rotatable bonds is 1. The standard InChI is InChI=1S/C16H14N2O3.ClH/c19-16(20)11-5-10-2-4-21-14-7-13-9(1-3-17-13)6-12(14)15(10)18-8-11;/h1-4,6-7,10-11,18H,5,8H2,(H,19,20);1H. The summed E-state index contributed by atoms with van der Waals surface area (Å²) in [5.41, 5.74) is 2.10. The lowest BCUT2D eigenvalue weighted by atomic mass is 9.87. The number of benzene rings is 1. The first-order chi connectivity index (χ1) is 10.2. The van der Waals surface area contributed by atoms with Crippen molar-refractivity contribution in [3.8, 4) is 5.75 Å². The third kappa shape index (κ3) is 2.27. The number of aliphatic carboxylic acids is 1. The first-order valence-electron chi connectivity index (χ1n) is 6.95. The quantitative estimate of drug-likeness (QED) is 0.811. The molecule has 0 radical (unpaired) electrons. The number of carboxylic acid groups (broad SMARTS) is 1. The number of piperidine rings is 1. The number of halogens is 1. The van der Waals surface area contributed by atoms with Crippen LogP contribution in [0.15, 0.2) is 35.7 Å². The zero-order chi connectivity index (χ0) is 14.4. The van der Waals surface area contributed by atoms with Crippen LogP contribution in [0.5, 0.6) is 5.75 Å². The Balaban J connectivity index is 0.00000144. The predicted molar refractivity (Wildman–Crippen MR) is 83.9 cm³/mol. The third-order valence-corrected chi connectivity index (χ3v) is 4.19. The van der Waals surface area contributed by atoms with Crippen molar-refractivity contribution < 1.29 is 14.6 Å². The fraction of sp³-hybridized carbons (Fsp3) is 0.250. The number of nitrogens with one attached hydrogen (secondary N) is 1. The summed E-state index contributed by atoms with van der Waals surface area (Å²) in [7, 11) is 0. The molecule has 2 unspecified atom stereocenters. The van der Waals surface area contributed by atoms with Gasteiger partial charge in [0.25, 0.3) is 0 Å². The van der Waals surface area contributed by atoms with E-state index in [0.29, 0.717) is 13.0 Å². The number of hydrogen-bond donors (Lipinski definition) is 2. The SMILES string of the molecule is Cl.O=C(O)C1CNC2=c3cc4c(cc3OC=CC2C1)=NC=C4. The molecule has 2 atom stereocenters. The minimum absolute atomic E-state index is 0. The van der Waals surface area contributed by atoms with Crippen LogP contribution in [0.3, 0.4) is 0 Å². The van der Waals surface area contributed by atoms with E-state index in [1.54, 1.807) is 12.5 Å². The van der Waals surface area contributed by atoms with E-state index in [9.17, 15) is 9.90 Å². The van der Waals surface area contributed by atoms with Gasteiger partial charge in [-0.2, -0.15) is 0 Å². The van der Waals surface area contributed by atoms with Crippen LogP contribution in [-0.2, 0) is 4.79 Å². The number of ether oxygens (including phenoxy) is 1. The van der Waals surface area contributed by atoms with Crippen molar-refractivity contribution >= 4 is 30.1 Å². The molecule has 3 heterocycles. The Morgan fingerprint density at radius 1 is 1.41 bits per heavy atom. The maximum atomic E-state index is 11.2. The number of carbonyl (C=O) groups is 1. The van der Waals surface area contributed by atoms with E-state index in [1.807, 2.05) is 18.2 Å². The molecule has 1 aromatic carbocycles. The zero-order valence-corrected chi connectivity index (χ0v) is 12.5. The molecule has 0 spiro atoms. The lowest BCUT2D eigenvalue weighted by molar-refractivity contribution is -0.142. The molecule has 3 aliphatic heterocycles. The van der Waals surface area contributed by atoms with Crippen molar-refractivity contribution in [2.75, 3.05) is 6.54 Å². The van der Waals surface area contributed by atoms with Gasteiger partial charge in [0, 0.05) is 41.2 Å². The number of hydrogen-bond acceptors (Lipinski definition) is 4. The largest absolute Gasteiger partial charge is 0.481 e. The number of carboxylic acids is 1. The molecule has 6 heteroatoms. The van der Waals surface area contributed by atoms with Crippen molar-refractivity contribution in [3.05, 3.63) is 46.8 Å². The summed E-state index contributed by atoms with van der Waals surface area (Å²) in [5, 5.41) is 14.4. The Hall–Kier alpha value is -2.27. The van der Waals surface area contributed by atoms with Crippen LogP contribution in [-0.4, -0.2) is 17.6 Å². The van der Waals surface area contributed by atoms with E-state index in [2.05, 4.69) is 16.4 Å². The second-order valence-electron chi connectivity index (χ2n) is 5.47. The highest BCUT2D eigenvalue weighted by Gasteiger charge is 2.30. The van der Waals surface area contributed by atoms with Gasteiger partial charge < -0.3 is 15.2 Å². The predicted octanol–water partition coefficient (Wildman–Crippen LogP) is 1.04. The Kier molecular flexibility index (Phi) is 3.66. The molecule has 0 amide bonds. The molecule has 114 valence electrons. The van der Waals surface area contributed by atoms with E-state index in [-0.39, 0.29) is 24.2 Å². The second-order valence-corrected chi connectivity index (χ2v) is 5.47. The van der Waals surface area contributed by atoms with Crippen molar-refractivity contribution in [3.63, 3.8) is 0 Å². The van der Waals surface area contributed by atoms with Gasteiger partial charge in [0.05, 0.1) is 17.5 Å². The molecule has 2 N–H and O–H groups in total. The molecule has 5 nitrogen and oxygen atoms in total. The highest BCUT2D eigenvalue weighted by atomic mass is 35.5. The van der Waals surface area contributed by atoms with Crippen LogP contribution in [0.2, 0.25) is 0 Å². The molecular formula is C16H15ClN2O3. The zero-order valence-electron chi connectivity index (χ0n) is 11.7. The van der Waals surface area contributed by atoms with Gasteiger partial charge in [-0.1, -0.05) is 0 Å². The minimum Gasteiger partial charge on any atom is -0.481 e. The van der Waals surface area contributed by atoms with Crippen LogP contribution in [0.25, 0.3) is 11.8 Å². The smallest absolute Gasteiger partial charge is 0.308 e. The molecule has 0 bridgehead atoms. The molecule has 0 aromatic heterocycles. The number of nitrogens with zero attached hydrogens (tertiary/aromatic N) is 1. The summed E-state index contributed by atoms with van der Waals surface area (Å²) in [5.74, 6) is -0.317. The number of fused-ring (bicyclic) bond motifs is 3. The highest BCUT2D eigenvalue weighted by Crippen LogP contribution is 2.28. The fourth-order valence-corrected chi connectivity index (χ4v) is 3.07. The lowest BCUT2D eigenvalue weighted by Gasteiger charge is -2.28. The maximum absolute atomic E-state index is 11.2. The van der Waals surface area contributed by atoms with Gasteiger partial charge in [-0.25, -0.2) is 0 Å². The first-order valence-corrected chi connectivity index (χ1v) is 6.95. The normalized spacial score (nSPS) is 23.7. The molecule has 1 aromatic rings. The van der Waals surface area contributed by atoms with Crippen molar-refractivity contribution in [1.82, 2.24) is 5.32 Å². The topological polar surface area (TPSA) is 70.9 Å². The highest BCUT2D eigenvalue weighted by molar-refractivity contribution is 5.85. The first kappa shape index (κ1) is 14.7. The summed E-state index contributed by atoms with van der Waals surface area (Å²) >= 11 is 0. The van der Waals surface area contributed by atoms with Crippen LogP contribution < -0.4 is 20.6 Å². The Morgan fingerprint density at radius 2 is 2.27 bits per heavy atom. The van der Waals surface area contributed by atoms with Crippen LogP contribution in [0.1, 0.15) is 12.0 Å². The fourth-order valence-electron chi connectivity index (χ4n) is 3.07. The second kappa shape index (κ2) is 5.50. The van der Waals surface area contributed by atoms with Crippen molar-refractivity contribution in [1.29, 1.82) is 0 Å². The molecule has 1 fully saturated rings. The van der Waals surface area contributed by atoms with Gasteiger partial charge in [0.2, 0.25) is 0 Å². The molecule has 1 saturated heterocycles. The van der Waals surface area contributed by atoms with Crippen LogP contribution >= 0.6 is 12.4 Å². The average Bonchev–Trinajstić information content (AvgIpc) is 2.85.